The van der Waals surface area contributed by atoms with Gasteiger partial charge in [0.15, 0.2) is 5.13 Å². The van der Waals surface area contributed by atoms with Crippen molar-refractivity contribution in [3.63, 3.8) is 0 Å². The Hall–Kier alpha value is -2.55. The standard InChI is InChI=1S/C20H20ClN5OS2/c1-12(15-7-5-6-8-16(15)21)9-26(22-4)10-18(27)25-20-24-17(11-28-20)19-13(2)23-14(3)29-19/h5-9,11H,4,10H2,1-3H3,(H,24,25,27)/b12-9+. The second-order valence-corrected chi connectivity index (χ2v) is 8.73. The van der Waals surface area contributed by atoms with Crippen LogP contribution < -0.4 is 5.32 Å². The molecule has 6 nitrogen and oxygen atoms in total. The zero-order valence-corrected chi connectivity index (χ0v) is 18.7. The van der Waals surface area contributed by atoms with Gasteiger partial charge in [-0.05, 0) is 38.0 Å². The van der Waals surface area contributed by atoms with Crippen molar-refractivity contribution in [2.24, 2.45) is 5.10 Å². The van der Waals surface area contributed by atoms with Crippen molar-refractivity contribution in [3.8, 4) is 10.6 Å². The van der Waals surface area contributed by atoms with Gasteiger partial charge in [0.05, 0.1) is 21.3 Å². The van der Waals surface area contributed by atoms with Gasteiger partial charge in [-0.3, -0.25) is 9.80 Å². The molecule has 0 spiro atoms. The molecule has 0 aliphatic carbocycles. The molecule has 2 heterocycles. The molecule has 0 atom stereocenters. The number of rotatable bonds is 7. The molecule has 0 fully saturated rings. The van der Waals surface area contributed by atoms with Gasteiger partial charge in [0.2, 0.25) is 5.91 Å². The van der Waals surface area contributed by atoms with Crippen LogP contribution in [0.5, 0.6) is 0 Å². The van der Waals surface area contributed by atoms with E-state index in [0.29, 0.717) is 10.2 Å². The number of carbonyl (C=O) groups excluding carboxylic acids is 1. The Morgan fingerprint density at radius 2 is 2.10 bits per heavy atom. The van der Waals surface area contributed by atoms with Gasteiger partial charge in [-0.1, -0.05) is 29.8 Å². The van der Waals surface area contributed by atoms with Gasteiger partial charge in [-0.15, -0.1) is 22.7 Å². The number of aryl methyl sites for hydroxylation is 2. The van der Waals surface area contributed by atoms with E-state index in [4.69, 9.17) is 11.6 Å². The molecular weight excluding hydrogens is 426 g/mol. The predicted molar refractivity (Wildman–Crippen MR) is 123 cm³/mol. The Morgan fingerprint density at radius 1 is 1.34 bits per heavy atom. The van der Waals surface area contributed by atoms with Crippen LogP contribution in [0.3, 0.4) is 0 Å². The lowest BCUT2D eigenvalue weighted by molar-refractivity contribution is -0.116. The Morgan fingerprint density at radius 3 is 2.76 bits per heavy atom. The SMILES string of the molecule is C=NN(/C=C(\C)c1ccccc1Cl)CC(=O)Nc1nc(-c2sc(C)nc2C)cs1. The van der Waals surface area contributed by atoms with Crippen LogP contribution in [0.2, 0.25) is 5.02 Å². The molecule has 2 aromatic heterocycles. The molecule has 29 heavy (non-hydrogen) atoms. The fourth-order valence-electron chi connectivity index (χ4n) is 2.72. The summed E-state index contributed by atoms with van der Waals surface area (Å²) in [4.78, 5) is 22.4. The first-order chi connectivity index (χ1) is 13.9. The average molecular weight is 446 g/mol. The van der Waals surface area contributed by atoms with Crippen molar-refractivity contribution in [1.82, 2.24) is 15.0 Å². The number of allylic oxidation sites excluding steroid dienone is 1. The second kappa shape index (κ2) is 9.30. The lowest BCUT2D eigenvalue weighted by Gasteiger charge is -2.15. The number of anilines is 1. The lowest BCUT2D eigenvalue weighted by atomic mass is 10.1. The lowest BCUT2D eigenvalue weighted by Crippen LogP contribution is -2.26. The van der Waals surface area contributed by atoms with E-state index in [9.17, 15) is 4.79 Å². The van der Waals surface area contributed by atoms with Crippen molar-refractivity contribution in [2.75, 3.05) is 11.9 Å². The molecule has 1 amide bonds. The van der Waals surface area contributed by atoms with Gasteiger partial charge in [0, 0.05) is 23.3 Å². The van der Waals surface area contributed by atoms with E-state index < -0.39 is 0 Å². The van der Waals surface area contributed by atoms with Crippen LogP contribution in [0.25, 0.3) is 16.1 Å². The Bertz CT molecular complexity index is 1070. The number of nitrogens with zero attached hydrogens (tertiary/aromatic N) is 4. The third-order valence-electron chi connectivity index (χ3n) is 4.02. The zero-order chi connectivity index (χ0) is 21.0. The minimum atomic E-state index is -0.237. The summed E-state index contributed by atoms with van der Waals surface area (Å²) >= 11 is 9.20. The number of amides is 1. The van der Waals surface area contributed by atoms with Crippen LogP contribution in [0.15, 0.2) is 40.9 Å². The van der Waals surface area contributed by atoms with Crippen LogP contribution in [-0.2, 0) is 4.79 Å². The van der Waals surface area contributed by atoms with Crippen molar-refractivity contribution in [3.05, 3.63) is 57.1 Å². The number of hydrazone groups is 1. The average Bonchev–Trinajstić information content (AvgIpc) is 3.26. The monoisotopic (exact) mass is 445 g/mol. The first-order valence-electron chi connectivity index (χ1n) is 8.73. The van der Waals surface area contributed by atoms with Gasteiger partial charge in [0.25, 0.3) is 0 Å². The highest BCUT2D eigenvalue weighted by molar-refractivity contribution is 7.16. The summed E-state index contributed by atoms with van der Waals surface area (Å²) in [6, 6.07) is 7.51. The smallest absolute Gasteiger partial charge is 0.247 e. The Labute approximate surface area is 182 Å². The van der Waals surface area contributed by atoms with Crippen LogP contribution in [0.1, 0.15) is 23.2 Å². The number of aromatic nitrogens is 2. The van der Waals surface area contributed by atoms with E-state index >= 15 is 0 Å². The van der Waals surface area contributed by atoms with Crippen LogP contribution in [0, 0.1) is 13.8 Å². The minimum Gasteiger partial charge on any atom is -0.300 e. The molecule has 0 saturated heterocycles. The molecule has 0 aliphatic rings. The molecular formula is C20H20ClN5OS2. The maximum Gasteiger partial charge on any atom is 0.247 e. The zero-order valence-electron chi connectivity index (χ0n) is 16.3. The summed E-state index contributed by atoms with van der Waals surface area (Å²) < 4.78 is 0. The summed E-state index contributed by atoms with van der Waals surface area (Å²) in [6.45, 7) is 9.38. The molecule has 0 bridgehead atoms. The number of hydrogen-bond donors (Lipinski definition) is 1. The first kappa shape index (κ1) is 21.2. The van der Waals surface area contributed by atoms with Gasteiger partial charge in [0.1, 0.15) is 6.54 Å². The van der Waals surface area contributed by atoms with Crippen LogP contribution >= 0.6 is 34.3 Å². The van der Waals surface area contributed by atoms with Crippen molar-refractivity contribution >= 4 is 57.6 Å². The highest BCUT2D eigenvalue weighted by Gasteiger charge is 2.14. The highest BCUT2D eigenvalue weighted by atomic mass is 35.5. The van der Waals surface area contributed by atoms with E-state index in [1.54, 1.807) is 17.5 Å². The van der Waals surface area contributed by atoms with Crippen LogP contribution in [-0.4, -0.2) is 34.1 Å². The summed E-state index contributed by atoms with van der Waals surface area (Å²) in [5.41, 5.74) is 3.52. The fraction of sp³-hybridized carbons (Fsp3) is 0.200. The quantitative estimate of drug-likeness (QED) is 0.387. The molecule has 3 aromatic rings. The number of hydrogen-bond acceptors (Lipinski definition) is 7. The van der Waals surface area contributed by atoms with E-state index in [2.05, 4.69) is 27.1 Å². The fourth-order valence-corrected chi connectivity index (χ4v) is 4.68. The molecule has 150 valence electrons. The largest absolute Gasteiger partial charge is 0.300 e. The molecule has 0 radical (unpaired) electrons. The van der Waals surface area contributed by atoms with E-state index in [-0.39, 0.29) is 12.5 Å². The summed E-state index contributed by atoms with van der Waals surface area (Å²) in [5, 5.41) is 12.3. The number of benzene rings is 1. The Kier molecular flexibility index (Phi) is 6.79. The number of nitrogens with one attached hydrogen (secondary N) is 1. The molecule has 9 heteroatoms. The van der Waals surface area contributed by atoms with E-state index in [1.807, 2.05) is 50.4 Å². The summed E-state index contributed by atoms with van der Waals surface area (Å²) in [6.07, 6.45) is 1.74. The van der Waals surface area contributed by atoms with Crippen LogP contribution in [0.4, 0.5) is 5.13 Å². The molecule has 1 aromatic carbocycles. The maximum atomic E-state index is 12.4. The first-order valence-corrected chi connectivity index (χ1v) is 10.8. The third-order valence-corrected chi connectivity index (χ3v) is 6.20. The predicted octanol–water partition coefficient (Wildman–Crippen LogP) is 5.45. The Balaban J connectivity index is 1.66. The number of carbonyl (C=O) groups is 1. The summed E-state index contributed by atoms with van der Waals surface area (Å²) in [7, 11) is 0. The van der Waals surface area contributed by atoms with Gasteiger partial charge in [-0.2, -0.15) is 5.10 Å². The van der Waals surface area contributed by atoms with E-state index in [1.165, 1.54) is 16.3 Å². The normalized spacial score (nSPS) is 11.4. The van der Waals surface area contributed by atoms with Gasteiger partial charge >= 0.3 is 0 Å². The number of thiazole rings is 2. The molecule has 1 N–H and O–H groups in total. The van der Waals surface area contributed by atoms with E-state index in [0.717, 1.165) is 32.4 Å². The highest BCUT2D eigenvalue weighted by Crippen LogP contribution is 2.32. The summed E-state index contributed by atoms with van der Waals surface area (Å²) in [5.74, 6) is -0.237. The molecule has 0 saturated carbocycles. The topological polar surface area (TPSA) is 70.5 Å². The molecule has 0 unspecified atom stereocenters. The van der Waals surface area contributed by atoms with Crippen molar-refractivity contribution in [1.29, 1.82) is 0 Å². The number of halogens is 1. The second-order valence-electron chi connectivity index (χ2n) is 6.26. The minimum absolute atomic E-state index is 0.0128. The van der Waals surface area contributed by atoms with Gasteiger partial charge < -0.3 is 5.32 Å². The van der Waals surface area contributed by atoms with Crippen molar-refractivity contribution < 1.29 is 4.79 Å². The maximum absolute atomic E-state index is 12.4. The van der Waals surface area contributed by atoms with Crippen molar-refractivity contribution in [2.45, 2.75) is 20.8 Å². The molecule has 3 rings (SSSR count). The molecule has 0 aliphatic heterocycles. The van der Waals surface area contributed by atoms with Gasteiger partial charge in [-0.25, -0.2) is 9.97 Å². The third kappa shape index (κ3) is 5.29.